The van der Waals surface area contributed by atoms with Crippen LogP contribution in [0.4, 0.5) is 0 Å². The van der Waals surface area contributed by atoms with Crippen molar-refractivity contribution < 1.29 is 4.52 Å². The Bertz CT molecular complexity index is 369. The fourth-order valence-electron chi connectivity index (χ4n) is 2.44. The standard InChI is InChI=1S/C14H26N4O/c1-4-13-16-14(19-17-13)10-18-7-5-12(6-8-18)9-15-11(2)3/h11-12,15H,4-10H2,1-3H3. The van der Waals surface area contributed by atoms with E-state index in [1.165, 1.54) is 12.8 Å². The fraction of sp³-hybridized carbons (Fsp3) is 0.857. The van der Waals surface area contributed by atoms with Gasteiger partial charge in [0.15, 0.2) is 5.82 Å². The molecule has 0 bridgehead atoms. The van der Waals surface area contributed by atoms with Gasteiger partial charge in [-0.05, 0) is 38.4 Å². The lowest BCUT2D eigenvalue weighted by Gasteiger charge is -2.31. The van der Waals surface area contributed by atoms with Crippen molar-refractivity contribution in [2.45, 2.75) is 52.6 Å². The van der Waals surface area contributed by atoms with E-state index in [-0.39, 0.29) is 0 Å². The lowest BCUT2D eigenvalue weighted by molar-refractivity contribution is 0.156. The molecule has 2 rings (SSSR count). The maximum Gasteiger partial charge on any atom is 0.240 e. The van der Waals surface area contributed by atoms with Gasteiger partial charge in [0.2, 0.25) is 5.89 Å². The van der Waals surface area contributed by atoms with Crippen molar-refractivity contribution in [2.75, 3.05) is 19.6 Å². The number of nitrogens with zero attached hydrogens (tertiary/aromatic N) is 3. The zero-order valence-corrected chi connectivity index (χ0v) is 12.4. The van der Waals surface area contributed by atoms with Crippen LogP contribution in [0.25, 0.3) is 0 Å². The van der Waals surface area contributed by atoms with Gasteiger partial charge in [-0.1, -0.05) is 25.9 Å². The minimum Gasteiger partial charge on any atom is -0.338 e. The van der Waals surface area contributed by atoms with E-state index in [1.54, 1.807) is 0 Å². The van der Waals surface area contributed by atoms with E-state index >= 15 is 0 Å². The number of aromatic nitrogens is 2. The first kappa shape index (κ1) is 14.5. The van der Waals surface area contributed by atoms with Crippen molar-refractivity contribution in [3.05, 3.63) is 11.7 Å². The summed E-state index contributed by atoms with van der Waals surface area (Å²) in [5.41, 5.74) is 0. The van der Waals surface area contributed by atoms with Gasteiger partial charge in [0.05, 0.1) is 6.54 Å². The second-order valence-electron chi connectivity index (χ2n) is 5.74. The van der Waals surface area contributed by atoms with Gasteiger partial charge in [0.1, 0.15) is 0 Å². The van der Waals surface area contributed by atoms with Crippen LogP contribution < -0.4 is 5.32 Å². The first-order chi connectivity index (χ1) is 9.17. The molecule has 0 spiro atoms. The number of nitrogens with one attached hydrogen (secondary N) is 1. The Morgan fingerprint density at radius 2 is 2.11 bits per heavy atom. The van der Waals surface area contributed by atoms with Gasteiger partial charge in [-0.25, -0.2) is 0 Å². The summed E-state index contributed by atoms with van der Waals surface area (Å²) in [5, 5.41) is 7.47. The lowest BCUT2D eigenvalue weighted by atomic mass is 9.96. The summed E-state index contributed by atoms with van der Waals surface area (Å²) in [6, 6.07) is 0.587. The molecule has 1 saturated heterocycles. The molecule has 1 N–H and O–H groups in total. The van der Waals surface area contributed by atoms with Gasteiger partial charge in [-0.15, -0.1) is 0 Å². The Hall–Kier alpha value is -0.940. The zero-order valence-electron chi connectivity index (χ0n) is 12.4. The fourth-order valence-corrected chi connectivity index (χ4v) is 2.44. The molecule has 5 heteroatoms. The summed E-state index contributed by atoms with van der Waals surface area (Å²) in [4.78, 5) is 6.79. The highest BCUT2D eigenvalue weighted by atomic mass is 16.5. The molecule has 1 aliphatic heterocycles. The average Bonchev–Trinajstić information content (AvgIpc) is 2.85. The quantitative estimate of drug-likeness (QED) is 0.851. The van der Waals surface area contributed by atoms with Crippen LogP contribution in [-0.2, 0) is 13.0 Å². The molecule has 1 aliphatic rings. The van der Waals surface area contributed by atoms with Crippen LogP contribution in [0.5, 0.6) is 0 Å². The Labute approximate surface area is 115 Å². The number of hydrogen-bond acceptors (Lipinski definition) is 5. The first-order valence-electron chi connectivity index (χ1n) is 7.44. The van der Waals surface area contributed by atoms with Crippen molar-refractivity contribution in [3.63, 3.8) is 0 Å². The molecule has 0 saturated carbocycles. The van der Waals surface area contributed by atoms with E-state index in [1.807, 2.05) is 6.92 Å². The van der Waals surface area contributed by atoms with Gasteiger partial charge < -0.3 is 9.84 Å². The van der Waals surface area contributed by atoms with E-state index < -0.39 is 0 Å². The Kier molecular flexibility index (Phi) is 5.34. The van der Waals surface area contributed by atoms with E-state index in [2.05, 4.69) is 34.2 Å². The highest BCUT2D eigenvalue weighted by Gasteiger charge is 2.20. The summed E-state index contributed by atoms with van der Waals surface area (Å²) < 4.78 is 5.25. The molecule has 1 aromatic rings. The van der Waals surface area contributed by atoms with E-state index in [4.69, 9.17) is 4.52 Å². The number of likely N-dealkylation sites (tertiary alicyclic amines) is 1. The second-order valence-corrected chi connectivity index (χ2v) is 5.74. The third-order valence-corrected chi connectivity index (χ3v) is 3.71. The lowest BCUT2D eigenvalue weighted by Crippen LogP contribution is -2.38. The van der Waals surface area contributed by atoms with Crippen molar-refractivity contribution in [2.24, 2.45) is 5.92 Å². The summed E-state index contributed by atoms with van der Waals surface area (Å²) in [7, 11) is 0. The van der Waals surface area contributed by atoms with Gasteiger partial charge >= 0.3 is 0 Å². The van der Waals surface area contributed by atoms with Crippen LogP contribution in [-0.4, -0.2) is 40.7 Å². The maximum atomic E-state index is 5.25. The molecule has 0 aromatic carbocycles. The Morgan fingerprint density at radius 1 is 1.37 bits per heavy atom. The highest BCUT2D eigenvalue weighted by Crippen LogP contribution is 2.18. The minimum atomic E-state index is 0.587. The predicted molar refractivity (Wildman–Crippen MR) is 74.8 cm³/mol. The molecule has 1 aromatic heterocycles. The zero-order chi connectivity index (χ0) is 13.7. The molecule has 0 radical (unpaired) electrons. The summed E-state index contributed by atoms with van der Waals surface area (Å²) in [6.07, 6.45) is 3.36. The monoisotopic (exact) mass is 266 g/mol. The van der Waals surface area contributed by atoms with E-state index in [0.717, 1.165) is 50.2 Å². The molecule has 1 fully saturated rings. The SMILES string of the molecule is CCc1noc(CN2CCC(CNC(C)C)CC2)n1. The van der Waals surface area contributed by atoms with Crippen LogP contribution in [0.15, 0.2) is 4.52 Å². The minimum absolute atomic E-state index is 0.587. The van der Waals surface area contributed by atoms with Crippen molar-refractivity contribution in [3.8, 4) is 0 Å². The van der Waals surface area contributed by atoms with Crippen molar-refractivity contribution in [1.82, 2.24) is 20.4 Å². The molecular formula is C14H26N4O. The van der Waals surface area contributed by atoms with Gasteiger partial charge in [0, 0.05) is 12.5 Å². The predicted octanol–water partition coefficient (Wildman–Crippen LogP) is 1.84. The molecular weight excluding hydrogens is 240 g/mol. The number of rotatable bonds is 6. The van der Waals surface area contributed by atoms with Crippen LogP contribution in [0.2, 0.25) is 0 Å². The molecule has 0 unspecified atom stereocenters. The van der Waals surface area contributed by atoms with Gasteiger partial charge in [-0.2, -0.15) is 4.98 Å². The third-order valence-electron chi connectivity index (χ3n) is 3.71. The molecule has 19 heavy (non-hydrogen) atoms. The molecule has 0 aliphatic carbocycles. The van der Waals surface area contributed by atoms with Gasteiger partial charge in [-0.3, -0.25) is 4.90 Å². The topological polar surface area (TPSA) is 54.2 Å². The second kappa shape index (κ2) is 7.01. The largest absolute Gasteiger partial charge is 0.338 e. The average molecular weight is 266 g/mol. The van der Waals surface area contributed by atoms with Crippen LogP contribution in [0, 0.1) is 5.92 Å². The Balaban J connectivity index is 1.71. The normalized spacial score (nSPS) is 18.3. The van der Waals surface area contributed by atoms with Crippen molar-refractivity contribution >= 4 is 0 Å². The summed E-state index contributed by atoms with van der Waals surface area (Å²) >= 11 is 0. The number of aryl methyl sites for hydroxylation is 1. The van der Waals surface area contributed by atoms with Crippen LogP contribution >= 0.6 is 0 Å². The van der Waals surface area contributed by atoms with Crippen LogP contribution in [0.1, 0.15) is 45.3 Å². The third kappa shape index (κ3) is 4.58. The first-order valence-corrected chi connectivity index (χ1v) is 7.44. The molecule has 0 atom stereocenters. The number of piperidine rings is 1. The van der Waals surface area contributed by atoms with Crippen LogP contribution in [0.3, 0.4) is 0 Å². The maximum absolute atomic E-state index is 5.25. The molecule has 5 nitrogen and oxygen atoms in total. The Morgan fingerprint density at radius 3 is 2.68 bits per heavy atom. The van der Waals surface area contributed by atoms with E-state index in [0.29, 0.717) is 6.04 Å². The van der Waals surface area contributed by atoms with E-state index in [9.17, 15) is 0 Å². The summed E-state index contributed by atoms with van der Waals surface area (Å²) in [6.45, 7) is 10.7. The van der Waals surface area contributed by atoms with Crippen molar-refractivity contribution in [1.29, 1.82) is 0 Å². The molecule has 0 amide bonds. The number of hydrogen-bond donors (Lipinski definition) is 1. The van der Waals surface area contributed by atoms with Gasteiger partial charge in [0.25, 0.3) is 0 Å². The summed E-state index contributed by atoms with van der Waals surface area (Å²) in [5.74, 6) is 2.38. The highest BCUT2D eigenvalue weighted by molar-refractivity contribution is 4.86. The smallest absolute Gasteiger partial charge is 0.240 e. The molecule has 108 valence electrons. The molecule has 2 heterocycles.